The van der Waals surface area contributed by atoms with Crippen molar-refractivity contribution in [1.29, 1.82) is 0 Å². The summed E-state index contributed by atoms with van der Waals surface area (Å²) in [5, 5.41) is 3.75. The Morgan fingerprint density at radius 1 is 1.61 bits per heavy atom. The van der Waals surface area contributed by atoms with E-state index in [-0.39, 0.29) is 12.1 Å². The first-order valence-electron chi connectivity index (χ1n) is 7.41. The lowest BCUT2D eigenvalue weighted by atomic mass is 10.0. The van der Waals surface area contributed by atoms with E-state index in [1.54, 1.807) is 11.3 Å². The number of pyridine rings is 1. The van der Waals surface area contributed by atoms with Gasteiger partial charge in [0.25, 0.3) is 0 Å². The molecule has 2 atom stereocenters. The van der Waals surface area contributed by atoms with Crippen LogP contribution in [0.1, 0.15) is 30.7 Å². The fraction of sp³-hybridized carbons (Fsp3) is 0.438. The largest absolute Gasteiger partial charge is 0.373 e. The van der Waals surface area contributed by atoms with E-state index in [4.69, 9.17) is 22.1 Å². The minimum Gasteiger partial charge on any atom is -0.373 e. The Bertz CT molecular complexity index is 783. The van der Waals surface area contributed by atoms with Crippen molar-refractivity contribution in [2.45, 2.75) is 31.9 Å². The average Bonchev–Trinajstić information content (AvgIpc) is 2.85. The molecule has 122 valence electrons. The van der Waals surface area contributed by atoms with E-state index < -0.39 is 0 Å². The van der Waals surface area contributed by atoms with Crippen molar-refractivity contribution in [3.8, 4) is 11.8 Å². The summed E-state index contributed by atoms with van der Waals surface area (Å²) >= 11 is 11.5. The Morgan fingerprint density at radius 3 is 3.17 bits per heavy atom. The second-order valence-corrected chi connectivity index (χ2v) is 7.56. The fourth-order valence-corrected chi connectivity index (χ4v) is 4.97. The highest BCUT2D eigenvalue weighted by molar-refractivity contribution is 9.10. The van der Waals surface area contributed by atoms with Crippen LogP contribution in [0.3, 0.4) is 0 Å². The van der Waals surface area contributed by atoms with E-state index in [0.717, 1.165) is 44.7 Å². The second kappa shape index (κ2) is 7.37. The molecule has 2 aromatic rings. The molecule has 0 bridgehead atoms. The summed E-state index contributed by atoms with van der Waals surface area (Å²) in [4.78, 5) is 5.54. The molecule has 1 fully saturated rings. The minimum atomic E-state index is -0.0978. The first-order chi connectivity index (χ1) is 11.1. The number of halogens is 2. The molecular weight excluding hydrogens is 398 g/mol. The predicted molar refractivity (Wildman–Crippen MR) is 100 cm³/mol. The number of ether oxygens (including phenoxy) is 1. The lowest BCUT2D eigenvalue weighted by molar-refractivity contribution is 0.00202. The molecule has 0 radical (unpaired) electrons. The molecule has 4 nitrogen and oxygen atoms in total. The van der Waals surface area contributed by atoms with E-state index in [9.17, 15) is 0 Å². The number of nitrogens with one attached hydrogen (secondary N) is 1. The van der Waals surface area contributed by atoms with Crippen molar-refractivity contribution in [2.24, 2.45) is 5.73 Å². The first-order valence-corrected chi connectivity index (χ1v) is 9.39. The van der Waals surface area contributed by atoms with E-state index in [0.29, 0.717) is 11.7 Å². The summed E-state index contributed by atoms with van der Waals surface area (Å²) in [6, 6.07) is 1.83. The molecule has 0 saturated carbocycles. The van der Waals surface area contributed by atoms with Gasteiger partial charge in [0, 0.05) is 18.7 Å². The quantitative estimate of drug-likeness (QED) is 0.580. The molecule has 1 aliphatic rings. The van der Waals surface area contributed by atoms with Crippen molar-refractivity contribution in [2.75, 3.05) is 18.5 Å². The van der Waals surface area contributed by atoms with Gasteiger partial charge in [0.05, 0.1) is 31.8 Å². The van der Waals surface area contributed by atoms with Gasteiger partial charge >= 0.3 is 0 Å². The molecule has 0 spiro atoms. The van der Waals surface area contributed by atoms with E-state index in [2.05, 4.69) is 38.1 Å². The van der Waals surface area contributed by atoms with Crippen LogP contribution in [-0.4, -0.2) is 24.2 Å². The zero-order valence-electron chi connectivity index (χ0n) is 12.7. The third kappa shape index (κ3) is 3.49. The Hall–Kier alpha value is -0.840. The highest BCUT2D eigenvalue weighted by Gasteiger charge is 2.29. The molecule has 1 aliphatic heterocycles. The van der Waals surface area contributed by atoms with Crippen molar-refractivity contribution >= 4 is 54.8 Å². The van der Waals surface area contributed by atoms with Crippen molar-refractivity contribution in [1.82, 2.24) is 4.98 Å². The zero-order chi connectivity index (χ0) is 16.4. The van der Waals surface area contributed by atoms with Gasteiger partial charge in [-0.1, -0.05) is 17.5 Å². The molecule has 2 aromatic heterocycles. The maximum atomic E-state index is 6.25. The number of nitrogens with two attached hydrogens (primary N) is 1. The van der Waals surface area contributed by atoms with Crippen LogP contribution in [0.15, 0.2) is 10.5 Å². The highest BCUT2D eigenvalue weighted by Crippen LogP contribution is 2.45. The third-order valence-electron chi connectivity index (χ3n) is 3.75. The van der Waals surface area contributed by atoms with Crippen LogP contribution >= 0.6 is 38.9 Å². The van der Waals surface area contributed by atoms with Gasteiger partial charge in [0.1, 0.15) is 11.3 Å². The number of aromatic nitrogens is 1. The van der Waals surface area contributed by atoms with Gasteiger partial charge < -0.3 is 15.8 Å². The van der Waals surface area contributed by atoms with E-state index in [1.165, 1.54) is 0 Å². The number of anilines is 1. The Kier molecular flexibility index (Phi) is 5.45. The summed E-state index contributed by atoms with van der Waals surface area (Å²) in [5.74, 6) is 5.87. The van der Waals surface area contributed by atoms with Gasteiger partial charge in [-0.05, 0) is 35.7 Å². The molecular formula is C16H17BrClN3OS. The highest BCUT2D eigenvalue weighted by atomic mass is 79.9. The van der Waals surface area contributed by atoms with E-state index >= 15 is 0 Å². The molecule has 1 saturated heterocycles. The number of thiophene rings is 1. The number of hydrogen-bond acceptors (Lipinski definition) is 5. The number of rotatable bonds is 3. The molecule has 7 heteroatoms. The first kappa shape index (κ1) is 17.0. The van der Waals surface area contributed by atoms with E-state index in [1.807, 2.05) is 13.0 Å². The number of nitrogens with zero attached hydrogens (tertiary/aromatic N) is 1. The maximum absolute atomic E-state index is 6.25. The normalized spacial score (nSPS) is 21.0. The number of hydrogen-bond donors (Lipinski definition) is 2. The molecule has 0 amide bonds. The van der Waals surface area contributed by atoms with Crippen molar-refractivity contribution in [3.05, 3.63) is 20.6 Å². The van der Waals surface area contributed by atoms with Gasteiger partial charge in [-0.2, -0.15) is 0 Å². The lowest BCUT2D eigenvalue weighted by Gasteiger charge is -2.28. The lowest BCUT2D eigenvalue weighted by Crippen LogP contribution is -2.34. The second-order valence-electron chi connectivity index (χ2n) is 5.33. The third-order valence-corrected chi connectivity index (χ3v) is 6.28. The molecule has 0 aliphatic carbocycles. The standard InChI is InChI=1S/C16H17BrClN3OS/c1-2-3-6-20-10-8-11(18)21-13-12(17)16(23-15(10)13)14-9(19)5-4-7-22-14/h8-9,14H,4-7,19H2,1H3,(H,20,21)/t9-,14-/m0/s1. The topological polar surface area (TPSA) is 60.2 Å². The smallest absolute Gasteiger partial charge is 0.131 e. The Labute approximate surface area is 152 Å². The Balaban J connectivity index is 2.05. The van der Waals surface area contributed by atoms with Crippen molar-refractivity contribution in [3.63, 3.8) is 0 Å². The van der Waals surface area contributed by atoms with Gasteiger partial charge in [0.15, 0.2) is 0 Å². The van der Waals surface area contributed by atoms with Crippen molar-refractivity contribution < 1.29 is 4.74 Å². The SMILES string of the molecule is CC#CCNc1cc(Cl)nc2c(Br)c([C@H]3OCCC[C@@H]3N)sc12. The van der Waals surface area contributed by atoms with Gasteiger partial charge in [-0.3, -0.25) is 0 Å². The van der Waals surface area contributed by atoms with Gasteiger partial charge in [-0.15, -0.1) is 17.3 Å². The molecule has 3 rings (SSSR count). The summed E-state index contributed by atoms with van der Waals surface area (Å²) in [5.41, 5.74) is 8.02. The molecule has 3 N–H and O–H groups in total. The average molecular weight is 415 g/mol. The predicted octanol–water partition coefficient (Wildman–Crippen LogP) is 4.33. The maximum Gasteiger partial charge on any atom is 0.131 e. The monoisotopic (exact) mass is 413 g/mol. The summed E-state index contributed by atoms with van der Waals surface area (Å²) in [6.45, 7) is 3.12. The zero-order valence-corrected chi connectivity index (χ0v) is 15.8. The number of fused-ring (bicyclic) bond motifs is 1. The van der Waals surface area contributed by atoms with Crippen LogP contribution in [0.25, 0.3) is 10.2 Å². The summed E-state index contributed by atoms with van der Waals surface area (Å²) in [6.07, 6.45) is 1.88. The van der Waals surface area contributed by atoms with Crippen LogP contribution in [0, 0.1) is 11.8 Å². The molecule has 0 unspecified atom stereocenters. The molecule has 0 aromatic carbocycles. The fourth-order valence-electron chi connectivity index (χ4n) is 2.64. The van der Waals surface area contributed by atoms with Crippen LogP contribution in [-0.2, 0) is 4.74 Å². The molecule has 23 heavy (non-hydrogen) atoms. The van der Waals surface area contributed by atoms with Crippen LogP contribution in [0.4, 0.5) is 5.69 Å². The minimum absolute atomic E-state index is 0.00551. The van der Waals surface area contributed by atoms with Gasteiger partial charge in [0.2, 0.25) is 0 Å². The van der Waals surface area contributed by atoms with Crippen LogP contribution in [0.5, 0.6) is 0 Å². The molecule has 3 heterocycles. The van der Waals surface area contributed by atoms with Gasteiger partial charge in [-0.25, -0.2) is 4.98 Å². The van der Waals surface area contributed by atoms with Crippen LogP contribution < -0.4 is 11.1 Å². The van der Waals surface area contributed by atoms with Crippen LogP contribution in [0.2, 0.25) is 5.15 Å². The summed E-state index contributed by atoms with van der Waals surface area (Å²) in [7, 11) is 0. The Morgan fingerprint density at radius 2 is 2.43 bits per heavy atom. The summed E-state index contributed by atoms with van der Waals surface area (Å²) < 4.78 is 7.87.